The Labute approximate surface area is 284 Å². The lowest BCUT2D eigenvalue weighted by atomic mass is 9.91. The molecule has 0 saturated carbocycles. The van der Waals surface area contributed by atoms with Gasteiger partial charge in [-0.3, -0.25) is 0 Å². The number of nitrogens with zero attached hydrogens (tertiary/aromatic N) is 3. The maximum Gasteiger partial charge on any atom is 0.164 e. The Kier molecular flexibility index (Phi) is 5.82. The highest BCUT2D eigenvalue weighted by Gasteiger charge is 2.16. The number of rotatable bonds is 5. The summed E-state index contributed by atoms with van der Waals surface area (Å²) in [6.45, 7) is 0. The van der Waals surface area contributed by atoms with Crippen molar-refractivity contribution in [3.05, 3.63) is 176 Å². The molecule has 48 heavy (non-hydrogen) atoms. The van der Waals surface area contributed by atoms with Gasteiger partial charge in [-0.15, -0.1) is 0 Å². The van der Waals surface area contributed by atoms with Gasteiger partial charge in [-0.2, -0.15) is 0 Å². The summed E-state index contributed by atoms with van der Waals surface area (Å²) in [6, 6.07) is 49.1. The first-order valence-corrected chi connectivity index (χ1v) is 15.9. The van der Waals surface area contributed by atoms with Crippen LogP contribution in [0.2, 0.25) is 0 Å². The maximum atomic E-state index is 9.64. The fraction of sp³-hybridized carbons (Fsp3) is 0. The van der Waals surface area contributed by atoms with E-state index < -0.39 is 0 Å². The lowest BCUT2D eigenvalue weighted by molar-refractivity contribution is 1.08. The molecule has 0 saturated heterocycles. The van der Waals surface area contributed by atoms with Crippen LogP contribution in [0.1, 0.15) is 5.48 Å². The van der Waals surface area contributed by atoms with Crippen molar-refractivity contribution in [1.29, 1.82) is 0 Å². The van der Waals surface area contributed by atoms with Crippen LogP contribution in [-0.4, -0.2) is 15.0 Å². The summed E-state index contributed by atoms with van der Waals surface area (Å²) in [7, 11) is 0. The average molecular weight is 616 g/mol. The summed E-state index contributed by atoms with van der Waals surface area (Å²) in [6.07, 6.45) is 0. The van der Waals surface area contributed by atoms with Gasteiger partial charge in [-0.05, 0) is 60.6 Å². The Bertz CT molecular complexity index is 2840. The SMILES string of the molecule is [2H]c1c([2H])c(-c2nc(-c3ccccc3)nc(-c3cccc4c3ccc3ccccc34)n2)c([2H])c(-c2ccc(-c3ccccc3)c3ccccc23)c1[2H]. The Morgan fingerprint density at radius 3 is 1.62 bits per heavy atom. The summed E-state index contributed by atoms with van der Waals surface area (Å²) in [4.78, 5) is 14.8. The Hall–Kier alpha value is -6.45. The zero-order valence-electron chi connectivity index (χ0n) is 29.8. The van der Waals surface area contributed by atoms with Crippen molar-refractivity contribution in [3.8, 4) is 56.4 Å². The molecule has 0 aliphatic carbocycles. The first-order valence-electron chi connectivity index (χ1n) is 17.9. The summed E-state index contributed by atoms with van der Waals surface area (Å²) in [5.41, 5.74) is 4.59. The highest BCUT2D eigenvalue weighted by Crippen LogP contribution is 2.38. The predicted molar refractivity (Wildman–Crippen MR) is 200 cm³/mol. The molecule has 0 spiro atoms. The molecule has 3 nitrogen and oxygen atoms in total. The van der Waals surface area contributed by atoms with Crippen molar-refractivity contribution in [2.24, 2.45) is 0 Å². The summed E-state index contributed by atoms with van der Waals surface area (Å²) in [5.74, 6) is 0.888. The van der Waals surface area contributed by atoms with Crippen LogP contribution in [0.5, 0.6) is 0 Å². The van der Waals surface area contributed by atoms with Crippen LogP contribution in [-0.2, 0) is 0 Å². The van der Waals surface area contributed by atoms with Crippen LogP contribution in [0.4, 0.5) is 0 Å². The van der Waals surface area contributed by atoms with E-state index in [1.54, 1.807) is 0 Å². The molecular formula is C45H29N3. The highest BCUT2D eigenvalue weighted by atomic mass is 15.0. The summed E-state index contributed by atoms with van der Waals surface area (Å²) in [5, 5.41) is 6.07. The van der Waals surface area contributed by atoms with Crippen LogP contribution in [0.15, 0.2) is 176 Å². The predicted octanol–water partition coefficient (Wildman–Crippen LogP) is 11.7. The first kappa shape index (κ1) is 23.8. The summed E-state index contributed by atoms with van der Waals surface area (Å²) >= 11 is 0. The molecule has 0 fully saturated rings. The molecule has 0 amide bonds. The van der Waals surface area contributed by atoms with Gasteiger partial charge < -0.3 is 0 Å². The van der Waals surface area contributed by atoms with E-state index in [0.717, 1.165) is 54.6 Å². The zero-order chi connectivity index (χ0) is 35.3. The van der Waals surface area contributed by atoms with E-state index in [4.69, 9.17) is 19.1 Å². The third-order valence-corrected chi connectivity index (χ3v) is 8.82. The number of benzene rings is 8. The van der Waals surface area contributed by atoms with E-state index in [0.29, 0.717) is 17.2 Å². The molecular weight excluding hydrogens is 583 g/mol. The van der Waals surface area contributed by atoms with E-state index in [2.05, 4.69) is 42.5 Å². The Morgan fingerprint density at radius 1 is 0.333 bits per heavy atom. The molecule has 0 aliphatic heterocycles. The Morgan fingerprint density at radius 2 is 0.875 bits per heavy atom. The molecule has 1 aromatic heterocycles. The van der Waals surface area contributed by atoms with Gasteiger partial charge in [-0.1, -0.05) is 170 Å². The van der Waals surface area contributed by atoms with Crippen molar-refractivity contribution in [3.63, 3.8) is 0 Å². The standard InChI is InChI=1S/C45H29N3/c1-3-13-30(14-4-1)36-27-28-37(39-22-10-9-21-38(36)39)33-18-11-19-34(29-33)44-46-43(32-16-5-2-6-17-32)47-45(48-44)42-24-12-23-40-35-20-8-7-15-31(35)25-26-41(40)42/h1-29H/i11D,18D,19D,29D. The van der Waals surface area contributed by atoms with Gasteiger partial charge in [0, 0.05) is 16.7 Å². The smallest absolute Gasteiger partial charge is 0.164 e. The van der Waals surface area contributed by atoms with Crippen LogP contribution in [0.25, 0.3) is 88.7 Å². The Balaban J connectivity index is 1.31. The van der Waals surface area contributed by atoms with E-state index in [1.165, 1.54) is 0 Å². The van der Waals surface area contributed by atoms with Crippen molar-refractivity contribution in [2.75, 3.05) is 0 Å². The second-order valence-electron chi connectivity index (χ2n) is 11.7. The third kappa shape index (κ3) is 4.90. The van der Waals surface area contributed by atoms with Gasteiger partial charge in [0.05, 0.1) is 5.48 Å². The van der Waals surface area contributed by atoms with Gasteiger partial charge in [0.1, 0.15) is 0 Å². The van der Waals surface area contributed by atoms with E-state index in [-0.39, 0.29) is 41.1 Å². The minimum Gasteiger partial charge on any atom is -0.208 e. The second-order valence-corrected chi connectivity index (χ2v) is 11.7. The molecule has 3 heteroatoms. The molecule has 9 rings (SSSR count). The quantitative estimate of drug-likeness (QED) is 0.181. The number of aromatic nitrogens is 3. The normalized spacial score (nSPS) is 12.5. The van der Waals surface area contributed by atoms with Crippen LogP contribution in [0.3, 0.4) is 0 Å². The van der Waals surface area contributed by atoms with Crippen molar-refractivity contribution in [2.45, 2.75) is 0 Å². The molecule has 0 bridgehead atoms. The minimum absolute atomic E-state index is 0.0799. The number of hydrogen-bond donors (Lipinski definition) is 0. The van der Waals surface area contributed by atoms with Crippen LogP contribution < -0.4 is 0 Å². The average Bonchev–Trinajstić information content (AvgIpc) is 3.20. The third-order valence-electron chi connectivity index (χ3n) is 8.82. The molecule has 0 radical (unpaired) electrons. The zero-order valence-corrected chi connectivity index (χ0v) is 25.8. The molecule has 0 N–H and O–H groups in total. The van der Waals surface area contributed by atoms with Gasteiger partial charge in [0.2, 0.25) is 0 Å². The second kappa shape index (κ2) is 11.7. The van der Waals surface area contributed by atoms with E-state index >= 15 is 0 Å². The van der Waals surface area contributed by atoms with Gasteiger partial charge in [-0.25, -0.2) is 15.0 Å². The molecule has 1 heterocycles. The maximum absolute atomic E-state index is 9.64. The van der Waals surface area contributed by atoms with Crippen LogP contribution >= 0.6 is 0 Å². The fourth-order valence-corrected chi connectivity index (χ4v) is 6.54. The summed E-state index contributed by atoms with van der Waals surface area (Å²) < 4.78 is 36.9. The van der Waals surface area contributed by atoms with Crippen molar-refractivity contribution in [1.82, 2.24) is 15.0 Å². The molecule has 8 aromatic carbocycles. The molecule has 0 aliphatic rings. The lowest BCUT2D eigenvalue weighted by Crippen LogP contribution is -2.00. The molecule has 9 aromatic rings. The van der Waals surface area contributed by atoms with E-state index in [9.17, 15) is 1.37 Å². The topological polar surface area (TPSA) is 38.7 Å². The fourth-order valence-electron chi connectivity index (χ4n) is 6.54. The molecule has 224 valence electrons. The van der Waals surface area contributed by atoms with Gasteiger partial charge in [0.15, 0.2) is 17.5 Å². The largest absolute Gasteiger partial charge is 0.208 e. The lowest BCUT2D eigenvalue weighted by Gasteiger charge is -2.14. The molecule has 0 atom stereocenters. The van der Waals surface area contributed by atoms with Crippen molar-refractivity contribution >= 4 is 32.3 Å². The van der Waals surface area contributed by atoms with Crippen LogP contribution in [0, 0.1) is 0 Å². The molecule has 0 unspecified atom stereocenters. The highest BCUT2D eigenvalue weighted by molar-refractivity contribution is 6.11. The van der Waals surface area contributed by atoms with Gasteiger partial charge >= 0.3 is 0 Å². The first-order chi connectivity index (χ1) is 25.5. The van der Waals surface area contributed by atoms with Crippen molar-refractivity contribution < 1.29 is 5.48 Å². The monoisotopic (exact) mass is 615 g/mol. The minimum atomic E-state index is -0.294. The number of hydrogen-bond acceptors (Lipinski definition) is 3. The number of fused-ring (bicyclic) bond motifs is 4. The van der Waals surface area contributed by atoms with E-state index in [1.807, 2.05) is 109 Å². The van der Waals surface area contributed by atoms with Gasteiger partial charge in [0.25, 0.3) is 0 Å².